The number of hydrogen-bond donors (Lipinski definition) is 2. The van der Waals surface area contributed by atoms with Crippen LogP contribution in [0, 0.1) is 0 Å². The maximum atomic E-state index is 12.4. The van der Waals surface area contributed by atoms with Gasteiger partial charge in [-0.3, -0.25) is 4.79 Å². The van der Waals surface area contributed by atoms with Crippen molar-refractivity contribution in [3.8, 4) is 0 Å². The maximum absolute atomic E-state index is 12.4. The second-order valence-electron chi connectivity index (χ2n) is 6.19. The van der Waals surface area contributed by atoms with Gasteiger partial charge in [-0.25, -0.2) is 0 Å². The van der Waals surface area contributed by atoms with E-state index >= 15 is 0 Å². The van der Waals surface area contributed by atoms with E-state index in [1.54, 1.807) is 0 Å². The Balaban J connectivity index is 0.00000312. The highest BCUT2D eigenvalue weighted by atomic mass is 35.5. The summed E-state index contributed by atoms with van der Waals surface area (Å²) in [5, 5.41) is 6.37. The SMILES string of the molecule is CCNCc1ccccc1NC(=O)CC(C)c1ccc(CC)cc1.Cl. The fraction of sp³-hybridized carbons (Fsp3) is 0.381. The summed E-state index contributed by atoms with van der Waals surface area (Å²) in [6.45, 7) is 8.00. The van der Waals surface area contributed by atoms with Crippen LogP contribution in [0.5, 0.6) is 0 Å². The van der Waals surface area contributed by atoms with Crippen LogP contribution in [0.25, 0.3) is 0 Å². The summed E-state index contributed by atoms with van der Waals surface area (Å²) >= 11 is 0. The first-order valence-electron chi connectivity index (χ1n) is 8.81. The van der Waals surface area contributed by atoms with Gasteiger partial charge in [0.25, 0.3) is 0 Å². The standard InChI is InChI=1S/C21H28N2O.ClH/c1-4-17-10-12-18(13-11-17)16(3)14-21(24)23-20-9-7-6-8-19(20)15-22-5-2;/h6-13,16,22H,4-5,14-15H2,1-3H3,(H,23,24);1H. The Morgan fingerprint density at radius 2 is 1.72 bits per heavy atom. The molecule has 0 bridgehead atoms. The molecule has 136 valence electrons. The summed E-state index contributed by atoms with van der Waals surface area (Å²) in [7, 11) is 0. The molecule has 0 heterocycles. The number of benzene rings is 2. The molecule has 0 aliphatic heterocycles. The summed E-state index contributed by atoms with van der Waals surface area (Å²) in [4.78, 5) is 12.4. The zero-order valence-electron chi connectivity index (χ0n) is 15.3. The number of aryl methyl sites for hydroxylation is 1. The molecule has 0 radical (unpaired) electrons. The summed E-state index contributed by atoms with van der Waals surface area (Å²) in [5.74, 6) is 0.267. The minimum absolute atomic E-state index is 0. The molecule has 0 aliphatic rings. The minimum atomic E-state index is 0. The molecular formula is C21H29ClN2O. The van der Waals surface area contributed by atoms with Gasteiger partial charge in [0.15, 0.2) is 0 Å². The van der Waals surface area contributed by atoms with E-state index in [2.05, 4.69) is 55.7 Å². The van der Waals surface area contributed by atoms with E-state index in [1.807, 2.05) is 24.3 Å². The zero-order chi connectivity index (χ0) is 17.4. The lowest BCUT2D eigenvalue weighted by atomic mass is 9.96. The van der Waals surface area contributed by atoms with Crippen molar-refractivity contribution in [1.29, 1.82) is 0 Å². The second kappa shape index (κ2) is 10.9. The number of hydrogen-bond acceptors (Lipinski definition) is 2. The minimum Gasteiger partial charge on any atom is -0.326 e. The lowest BCUT2D eigenvalue weighted by Gasteiger charge is -2.15. The van der Waals surface area contributed by atoms with Gasteiger partial charge in [0, 0.05) is 18.7 Å². The third kappa shape index (κ3) is 6.52. The number of amides is 1. The van der Waals surface area contributed by atoms with Crippen LogP contribution in [0.1, 0.15) is 49.8 Å². The van der Waals surface area contributed by atoms with E-state index in [4.69, 9.17) is 0 Å². The molecule has 2 aromatic rings. The van der Waals surface area contributed by atoms with Crippen molar-refractivity contribution in [1.82, 2.24) is 5.32 Å². The van der Waals surface area contributed by atoms with Gasteiger partial charge in [-0.2, -0.15) is 0 Å². The van der Waals surface area contributed by atoms with Gasteiger partial charge in [0.1, 0.15) is 0 Å². The van der Waals surface area contributed by atoms with Crippen molar-refractivity contribution in [2.45, 2.75) is 46.1 Å². The number of nitrogens with one attached hydrogen (secondary N) is 2. The number of halogens is 1. The first kappa shape index (κ1) is 21.2. The molecule has 2 N–H and O–H groups in total. The predicted octanol–water partition coefficient (Wildman–Crippen LogP) is 4.91. The van der Waals surface area contributed by atoms with Crippen LogP contribution in [0.2, 0.25) is 0 Å². The molecule has 1 amide bonds. The van der Waals surface area contributed by atoms with Crippen LogP contribution in [0.3, 0.4) is 0 Å². The van der Waals surface area contributed by atoms with Crippen LogP contribution in [-0.4, -0.2) is 12.5 Å². The number of anilines is 1. The first-order valence-corrected chi connectivity index (χ1v) is 8.81. The fourth-order valence-corrected chi connectivity index (χ4v) is 2.74. The molecule has 1 unspecified atom stereocenters. The summed E-state index contributed by atoms with van der Waals surface area (Å²) in [6, 6.07) is 16.5. The van der Waals surface area contributed by atoms with E-state index in [9.17, 15) is 4.79 Å². The van der Waals surface area contributed by atoms with Crippen molar-refractivity contribution in [2.24, 2.45) is 0 Å². The van der Waals surface area contributed by atoms with E-state index < -0.39 is 0 Å². The quantitative estimate of drug-likeness (QED) is 0.702. The third-order valence-electron chi connectivity index (χ3n) is 4.31. The monoisotopic (exact) mass is 360 g/mol. The fourth-order valence-electron chi connectivity index (χ4n) is 2.74. The van der Waals surface area contributed by atoms with Crippen LogP contribution in [0.15, 0.2) is 48.5 Å². The highest BCUT2D eigenvalue weighted by Gasteiger charge is 2.12. The molecule has 1 atom stereocenters. The predicted molar refractivity (Wildman–Crippen MR) is 109 cm³/mol. The Labute approximate surface area is 157 Å². The number of carbonyl (C=O) groups excluding carboxylic acids is 1. The third-order valence-corrected chi connectivity index (χ3v) is 4.31. The van der Waals surface area contributed by atoms with Gasteiger partial charge >= 0.3 is 0 Å². The highest BCUT2D eigenvalue weighted by Crippen LogP contribution is 2.21. The summed E-state index contributed by atoms with van der Waals surface area (Å²) in [5.41, 5.74) is 4.56. The molecule has 2 aromatic carbocycles. The second-order valence-corrected chi connectivity index (χ2v) is 6.19. The molecule has 4 heteroatoms. The topological polar surface area (TPSA) is 41.1 Å². The molecule has 0 saturated carbocycles. The summed E-state index contributed by atoms with van der Waals surface area (Å²) in [6.07, 6.45) is 1.53. The summed E-state index contributed by atoms with van der Waals surface area (Å²) < 4.78 is 0. The van der Waals surface area contributed by atoms with Crippen molar-refractivity contribution in [3.05, 3.63) is 65.2 Å². The molecule has 3 nitrogen and oxygen atoms in total. The number of para-hydroxylation sites is 1. The van der Waals surface area contributed by atoms with Crippen molar-refractivity contribution in [3.63, 3.8) is 0 Å². The van der Waals surface area contributed by atoms with E-state index in [0.717, 1.165) is 30.8 Å². The smallest absolute Gasteiger partial charge is 0.224 e. The van der Waals surface area contributed by atoms with Gasteiger partial charge < -0.3 is 10.6 Å². The van der Waals surface area contributed by atoms with Crippen LogP contribution >= 0.6 is 12.4 Å². The van der Waals surface area contributed by atoms with E-state index in [0.29, 0.717) is 6.42 Å². The Bertz CT molecular complexity index is 655. The van der Waals surface area contributed by atoms with Gasteiger partial charge in [-0.15, -0.1) is 12.4 Å². The average Bonchev–Trinajstić information content (AvgIpc) is 2.61. The molecule has 25 heavy (non-hydrogen) atoms. The van der Waals surface area contributed by atoms with Crippen LogP contribution < -0.4 is 10.6 Å². The molecule has 0 saturated heterocycles. The molecule has 0 aliphatic carbocycles. The van der Waals surface area contributed by atoms with E-state index in [-0.39, 0.29) is 24.2 Å². The molecule has 0 fully saturated rings. The number of carbonyl (C=O) groups is 1. The van der Waals surface area contributed by atoms with Crippen molar-refractivity contribution >= 4 is 24.0 Å². The van der Waals surface area contributed by atoms with Gasteiger partial charge in [-0.1, -0.05) is 63.2 Å². The lowest BCUT2D eigenvalue weighted by molar-refractivity contribution is -0.116. The normalized spacial score (nSPS) is 11.5. The van der Waals surface area contributed by atoms with E-state index in [1.165, 1.54) is 11.1 Å². The lowest BCUT2D eigenvalue weighted by Crippen LogP contribution is -2.18. The van der Waals surface area contributed by atoms with Crippen molar-refractivity contribution in [2.75, 3.05) is 11.9 Å². The number of rotatable bonds is 8. The maximum Gasteiger partial charge on any atom is 0.224 e. The first-order chi connectivity index (χ1) is 11.6. The Morgan fingerprint density at radius 3 is 2.36 bits per heavy atom. The molecule has 0 spiro atoms. The van der Waals surface area contributed by atoms with Gasteiger partial charge in [0.2, 0.25) is 5.91 Å². The Morgan fingerprint density at radius 1 is 1.04 bits per heavy atom. The largest absolute Gasteiger partial charge is 0.326 e. The average molecular weight is 361 g/mol. The van der Waals surface area contributed by atoms with Crippen molar-refractivity contribution < 1.29 is 4.79 Å². The Hall–Kier alpha value is -1.84. The molecule has 2 rings (SSSR count). The van der Waals surface area contributed by atoms with Crippen LogP contribution in [0.4, 0.5) is 5.69 Å². The molecule has 0 aromatic heterocycles. The van der Waals surface area contributed by atoms with Gasteiger partial charge in [-0.05, 0) is 41.6 Å². The highest BCUT2D eigenvalue weighted by molar-refractivity contribution is 5.92. The molecular weight excluding hydrogens is 332 g/mol. The zero-order valence-corrected chi connectivity index (χ0v) is 16.2. The Kier molecular flexibility index (Phi) is 9.25. The van der Waals surface area contributed by atoms with Crippen LogP contribution in [-0.2, 0) is 17.8 Å². The van der Waals surface area contributed by atoms with Gasteiger partial charge in [0.05, 0.1) is 0 Å².